The predicted octanol–water partition coefficient (Wildman–Crippen LogP) is 2.15. The summed E-state index contributed by atoms with van der Waals surface area (Å²) in [6, 6.07) is 7.98. The molecule has 2 saturated heterocycles. The third-order valence-corrected chi connectivity index (χ3v) is 7.10. The van der Waals surface area contributed by atoms with Crippen LogP contribution in [0.4, 0.5) is 4.79 Å². The Balaban J connectivity index is 1.69. The molecule has 0 spiro atoms. The molecule has 0 N–H and O–H groups in total. The Morgan fingerprint density at radius 2 is 1.77 bits per heavy atom. The van der Waals surface area contributed by atoms with Crippen LogP contribution in [0.25, 0.3) is 0 Å². The van der Waals surface area contributed by atoms with Crippen LogP contribution in [-0.4, -0.2) is 67.4 Å². The van der Waals surface area contributed by atoms with E-state index in [9.17, 15) is 13.2 Å². The number of piperazine rings is 1. The number of amides is 1. The number of rotatable bonds is 4. The zero-order valence-electron chi connectivity index (χ0n) is 15.4. The van der Waals surface area contributed by atoms with Crippen molar-refractivity contribution in [2.24, 2.45) is 0 Å². The quantitative estimate of drug-likeness (QED) is 0.801. The Kier molecular flexibility index (Phi) is 5.84. The maximum absolute atomic E-state index is 13.2. The lowest BCUT2D eigenvalue weighted by atomic mass is 10.0. The fraction of sp³-hybridized carbons (Fsp3) is 0.611. The van der Waals surface area contributed by atoms with Crippen molar-refractivity contribution in [2.75, 3.05) is 39.3 Å². The molecular formula is C18H27N3O4S. The lowest BCUT2D eigenvalue weighted by Crippen LogP contribution is -2.54. The molecule has 1 amide bonds. The van der Waals surface area contributed by atoms with Crippen LogP contribution in [0.3, 0.4) is 0 Å². The van der Waals surface area contributed by atoms with Crippen molar-refractivity contribution in [1.29, 1.82) is 0 Å². The second-order valence-corrected chi connectivity index (χ2v) is 8.65. The van der Waals surface area contributed by atoms with Gasteiger partial charge in [0.25, 0.3) is 10.2 Å². The van der Waals surface area contributed by atoms with Gasteiger partial charge in [0.2, 0.25) is 0 Å². The summed E-state index contributed by atoms with van der Waals surface area (Å²) in [4.78, 5) is 13.4. The zero-order valence-corrected chi connectivity index (χ0v) is 16.2. The van der Waals surface area contributed by atoms with Gasteiger partial charge in [0.15, 0.2) is 0 Å². The van der Waals surface area contributed by atoms with E-state index >= 15 is 0 Å². The molecule has 1 aromatic rings. The van der Waals surface area contributed by atoms with Gasteiger partial charge in [-0.1, -0.05) is 29.8 Å². The lowest BCUT2D eigenvalue weighted by molar-refractivity contribution is 0.0923. The first-order valence-corrected chi connectivity index (χ1v) is 10.6. The third-order valence-electron chi connectivity index (χ3n) is 5.05. The molecule has 26 heavy (non-hydrogen) atoms. The molecule has 0 bridgehead atoms. The fourth-order valence-electron chi connectivity index (χ4n) is 3.60. The van der Waals surface area contributed by atoms with Gasteiger partial charge in [-0.25, -0.2) is 4.79 Å². The molecule has 0 aliphatic carbocycles. The first-order chi connectivity index (χ1) is 12.4. The molecule has 2 fully saturated rings. The van der Waals surface area contributed by atoms with E-state index in [4.69, 9.17) is 4.74 Å². The number of carbonyl (C=O) groups excluding carboxylic acids is 1. The molecule has 1 atom stereocenters. The molecule has 144 valence electrons. The summed E-state index contributed by atoms with van der Waals surface area (Å²) in [6.45, 7) is 5.98. The van der Waals surface area contributed by atoms with Crippen LogP contribution in [0.5, 0.6) is 0 Å². The minimum Gasteiger partial charge on any atom is -0.450 e. The highest BCUT2D eigenvalue weighted by atomic mass is 32.2. The average molecular weight is 381 g/mol. The van der Waals surface area contributed by atoms with Gasteiger partial charge in [-0.3, -0.25) is 0 Å². The second kappa shape index (κ2) is 7.94. The number of aryl methyl sites for hydroxylation is 1. The first-order valence-electron chi connectivity index (χ1n) is 9.18. The molecule has 2 heterocycles. The monoisotopic (exact) mass is 381 g/mol. The van der Waals surface area contributed by atoms with E-state index in [0.717, 1.165) is 24.0 Å². The normalized spacial score (nSPS) is 22.5. The molecule has 3 rings (SSSR count). The number of hydrogen-bond acceptors (Lipinski definition) is 4. The smallest absolute Gasteiger partial charge is 0.409 e. The summed E-state index contributed by atoms with van der Waals surface area (Å²) in [7, 11) is -3.54. The van der Waals surface area contributed by atoms with Crippen molar-refractivity contribution in [2.45, 2.75) is 32.7 Å². The van der Waals surface area contributed by atoms with Crippen molar-refractivity contribution < 1.29 is 17.9 Å². The molecule has 8 heteroatoms. The van der Waals surface area contributed by atoms with Gasteiger partial charge in [0, 0.05) is 32.7 Å². The van der Waals surface area contributed by atoms with Gasteiger partial charge in [-0.15, -0.1) is 0 Å². The van der Waals surface area contributed by atoms with Crippen molar-refractivity contribution in [3.63, 3.8) is 0 Å². The van der Waals surface area contributed by atoms with Gasteiger partial charge in [-0.2, -0.15) is 17.0 Å². The average Bonchev–Trinajstić information content (AvgIpc) is 3.13. The van der Waals surface area contributed by atoms with Gasteiger partial charge in [0.1, 0.15) is 0 Å². The molecule has 7 nitrogen and oxygen atoms in total. The molecular weight excluding hydrogens is 354 g/mol. The van der Waals surface area contributed by atoms with Crippen molar-refractivity contribution in [3.05, 3.63) is 35.4 Å². The topological polar surface area (TPSA) is 70.2 Å². The second-order valence-electron chi connectivity index (χ2n) is 6.77. The first kappa shape index (κ1) is 19.1. The van der Waals surface area contributed by atoms with Crippen molar-refractivity contribution in [3.8, 4) is 0 Å². The van der Waals surface area contributed by atoms with Crippen LogP contribution in [-0.2, 0) is 14.9 Å². The number of benzene rings is 1. The molecule has 0 aromatic heterocycles. The van der Waals surface area contributed by atoms with E-state index in [1.165, 1.54) is 4.31 Å². The highest BCUT2D eigenvalue weighted by Gasteiger charge is 2.40. The Morgan fingerprint density at radius 1 is 1.12 bits per heavy atom. The molecule has 0 saturated carbocycles. The molecule has 2 aliphatic rings. The van der Waals surface area contributed by atoms with Gasteiger partial charge in [0.05, 0.1) is 12.6 Å². The minimum atomic E-state index is -3.54. The maximum atomic E-state index is 13.2. The van der Waals surface area contributed by atoms with Crippen molar-refractivity contribution >= 4 is 16.3 Å². The fourth-order valence-corrected chi connectivity index (χ4v) is 5.43. The third kappa shape index (κ3) is 3.87. The predicted molar refractivity (Wildman–Crippen MR) is 98.9 cm³/mol. The van der Waals surface area contributed by atoms with Crippen LogP contribution in [0.15, 0.2) is 24.3 Å². The SMILES string of the molecule is CCOC(=O)N1CCN(S(=O)(=O)N2CCCC2c2ccc(C)cc2)CC1. The van der Waals surface area contributed by atoms with Gasteiger partial charge < -0.3 is 9.64 Å². The molecule has 0 radical (unpaired) electrons. The summed E-state index contributed by atoms with van der Waals surface area (Å²) < 4.78 is 34.4. The number of carbonyl (C=O) groups is 1. The van der Waals surface area contributed by atoms with E-state index in [0.29, 0.717) is 39.3 Å². The van der Waals surface area contributed by atoms with Crippen molar-refractivity contribution in [1.82, 2.24) is 13.5 Å². The zero-order chi connectivity index (χ0) is 18.7. The Labute approximate surface area is 155 Å². The number of hydrogen-bond donors (Lipinski definition) is 0. The van der Waals surface area contributed by atoms with E-state index in [-0.39, 0.29) is 12.1 Å². The van der Waals surface area contributed by atoms with Crippen LogP contribution in [0, 0.1) is 6.92 Å². The van der Waals surface area contributed by atoms with E-state index in [2.05, 4.69) is 0 Å². The Bertz CT molecular complexity index is 727. The van der Waals surface area contributed by atoms with Crippen LogP contribution in [0.1, 0.15) is 36.9 Å². The van der Waals surface area contributed by atoms with Crippen LogP contribution < -0.4 is 0 Å². The highest BCUT2D eigenvalue weighted by Crippen LogP contribution is 2.35. The molecule has 2 aliphatic heterocycles. The highest BCUT2D eigenvalue weighted by molar-refractivity contribution is 7.86. The summed E-state index contributed by atoms with van der Waals surface area (Å²) in [5.41, 5.74) is 2.21. The number of ether oxygens (including phenoxy) is 1. The van der Waals surface area contributed by atoms with E-state index in [1.807, 2.05) is 31.2 Å². The van der Waals surface area contributed by atoms with Gasteiger partial charge in [-0.05, 0) is 32.3 Å². The summed E-state index contributed by atoms with van der Waals surface area (Å²) in [6.07, 6.45) is 1.33. The minimum absolute atomic E-state index is 0.108. The summed E-state index contributed by atoms with van der Waals surface area (Å²) in [5, 5.41) is 0. The van der Waals surface area contributed by atoms with Gasteiger partial charge >= 0.3 is 6.09 Å². The van der Waals surface area contributed by atoms with E-state index in [1.54, 1.807) is 16.1 Å². The molecule has 1 aromatic carbocycles. The lowest BCUT2D eigenvalue weighted by Gasteiger charge is -2.36. The maximum Gasteiger partial charge on any atom is 0.409 e. The summed E-state index contributed by atoms with van der Waals surface area (Å²) in [5.74, 6) is 0. The standard InChI is InChI=1S/C18H27N3O4S/c1-3-25-18(22)19-11-13-20(14-12-19)26(23,24)21-10-4-5-17(21)16-8-6-15(2)7-9-16/h6-9,17H,3-5,10-14H2,1-2H3. The largest absolute Gasteiger partial charge is 0.450 e. The van der Waals surface area contributed by atoms with Crippen LogP contribution >= 0.6 is 0 Å². The molecule has 1 unspecified atom stereocenters. The number of nitrogens with zero attached hydrogens (tertiary/aromatic N) is 3. The Hall–Kier alpha value is -1.64. The summed E-state index contributed by atoms with van der Waals surface area (Å²) >= 11 is 0. The Morgan fingerprint density at radius 3 is 2.38 bits per heavy atom. The van der Waals surface area contributed by atoms with Crippen LogP contribution in [0.2, 0.25) is 0 Å². The van der Waals surface area contributed by atoms with E-state index < -0.39 is 10.2 Å².